The van der Waals surface area contributed by atoms with Gasteiger partial charge in [-0.1, -0.05) is 6.07 Å². The third kappa shape index (κ3) is 2.71. The molecular formula is C12H11F2N3O. The lowest BCUT2D eigenvalue weighted by atomic mass is 10.1. The van der Waals surface area contributed by atoms with Crippen LogP contribution < -0.4 is 5.32 Å². The van der Waals surface area contributed by atoms with Crippen LogP contribution in [0, 0.1) is 18.6 Å². The van der Waals surface area contributed by atoms with Gasteiger partial charge in [-0.3, -0.25) is 9.89 Å². The Hall–Kier alpha value is -2.24. The lowest BCUT2D eigenvalue weighted by molar-refractivity contribution is -0.115. The van der Waals surface area contributed by atoms with Crippen molar-refractivity contribution >= 4 is 11.7 Å². The highest BCUT2D eigenvalue weighted by Crippen LogP contribution is 2.12. The van der Waals surface area contributed by atoms with Gasteiger partial charge in [0, 0.05) is 11.6 Å². The Morgan fingerprint density at radius 3 is 2.83 bits per heavy atom. The van der Waals surface area contributed by atoms with Crippen LogP contribution in [0.2, 0.25) is 0 Å². The Morgan fingerprint density at radius 2 is 2.22 bits per heavy atom. The number of rotatable bonds is 3. The van der Waals surface area contributed by atoms with Crippen molar-refractivity contribution < 1.29 is 13.6 Å². The van der Waals surface area contributed by atoms with Gasteiger partial charge in [-0.2, -0.15) is 5.10 Å². The molecule has 1 aromatic carbocycles. The van der Waals surface area contributed by atoms with E-state index in [1.165, 1.54) is 6.07 Å². The molecule has 0 saturated carbocycles. The molecule has 0 spiro atoms. The predicted octanol–water partition coefficient (Wildman–Crippen LogP) is 2.18. The number of hydrogen-bond acceptors (Lipinski definition) is 2. The first-order valence-electron chi connectivity index (χ1n) is 5.30. The van der Waals surface area contributed by atoms with E-state index in [4.69, 9.17) is 0 Å². The summed E-state index contributed by atoms with van der Waals surface area (Å²) in [5, 5.41) is 8.92. The lowest BCUT2D eigenvalue weighted by Gasteiger charge is -2.05. The van der Waals surface area contributed by atoms with Crippen molar-refractivity contribution in [1.29, 1.82) is 0 Å². The number of aromatic amines is 1. The fourth-order valence-electron chi connectivity index (χ4n) is 1.49. The summed E-state index contributed by atoms with van der Waals surface area (Å²) in [5.41, 5.74) is 0.925. The number of carbonyl (C=O) groups excluding carboxylic acids is 1. The van der Waals surface area contributed by atoms with Crippen molar-refractivity contribution in [2.75, 3.05) is 5.32 Å². The van der Waals surface area contributed by atoms with E-state index >= 15 is 0 Å². The summed E-state index contributed by atoms with van der Waals surface area (Å²) < 4.78 is 26.0. The fraction of sp³-hybridized carbons (Fsp3) is 0.167. The molecule has 1 amide bonds. The lowest BCUT2D eigenvalue weighted by Crippen LogP contribution is -2.16. The molecule has 2 aromatic rings. The molecule has 0 radical (unpaired) electrons. The molecule has 2 N–H and O–H groups in total. The average molecular weight is 251 g/mol. The van der Waals surface area contributed by atoms with Crippen molar-refractivity contribution in [3.05, 3.63) is 47.2 Å². The number of H-pyrrole nitrogens is 1. The first kappa shape index (κ1) is 12.2. The monoisotopic (exact) mass is 251 g/mol. The smallest absolute Gasteiger partial charge is 0.230 e. The standard InChI is InChI=1S/C12H11F2N3O/c1-7-6-15-17-12(7)16-11(18)4-8-2-3-9(13)5-10(8)14/h2-3,5-6H,4H2,1H3,(H2,15,16,17,18). The molecule has 2 rings (SSSR count). The molecular weight excluding hydrogens is 240 g/mol. The summed E-state index contributed by atoms with van der Waals surface area (Å²) in [6.45, 7) is 1.78. The van der Waals surface area contributed by atoms with Gasteiger partial charge in [0.25, 0.3) is 0 Å². The van der Waals surface area contributed by atoms with Crippen molar-refractivity contribution in [2.45, 2.75) is 13.3 Å². The van der Waals surface area contributed by atoms with E-state index in [0.29, 0.717) is 5.82 Å². The van der Waals surface area contributed by atoms with E-state index in [9.17, 15) is 13.6 Å². The Morgan fingerprint density at radius 1 is 1.44 bits per heavy atom. The minimum Gasteiger partial charge on any atom is -0.311 e. The van der Waals surface area contributed by atoms with Gasteiger partial charge in [-0.15, -0.1) is 0 Å². The number of amides is 1. The highest BCUT2D eigenvalue weighted by molar-refractivity contribution is 5.91. The van der Waals surface area contributed by atoms with E-state index in [2.05, 4.69) is 15.5 Å². The molecule has 0 saturated heterocycles. The first-order valence-corrected chi connectivity index (χ1v) is 5.30. The van der Waals surface area contributed by atoms with Gasteiger partial charge in [0.2, 0.25) is 5.91 Å². The number of hydrogen-bond donors (Lipinski definition) is 2. The topological polar surface area (TPSA) is 57.8 Å². The molecule has 0 aliphatic rings. The molecule has 0 aliphatic carbocycles. The van der Waals surface area contributed by atoms with Crippen LogP contribution in [-0.2, 0) is 11.2 Å². The van der Waals surface area contributed by atoms with Crippen molar-refractivity contribution in [2.24, 2.45) is 0 Å². The molecule has 4 nitrogen and oxygen atoms in total. The van der Waals surface area contributed by atoms with Gasteiger partial charge in [0.15, 0.2) is 0 Å². The van der Waals surface area contributed by atoms with Gasteiger partial charge < -0.3 is 5.32 Å². The van der Waals surface area contributed by atoms with E-state index < -0.39 is 17.5 Å². The largest absolute Gasteiger partial charge is 0.311 e. The number of anilines is 1. The zero-order valence-electron chi connectivity index (χ0n) is 9.63. The fourth-order valence-corrected chi connectivity index (χ4v) is 1.49. The third-order valence-corrected chi connectivity index (χ3v) is 2.46. The number of aromatic nitrogens is 2. The van der Waals surface area contributed by atoms with Gasteiger partial charge in [0.1, 0.15) is 17.5 Å². The molecule has 94 valence electrons. The Kier molecular flexibility index (Phi) is 3.36. The molecule has 18 heavy (non-hydrogen) atoms. The molecule has 1 heterocycles. The van der Waals surface area contributed by atoms with Crippen LogP contribution in [0.1, 0.15) is 11.1 Å². The highest BCUT2D eigenvalue weighted by Gasteiger charge is 2.11. The van der Waals surface area contributed by atoms with Gasteiger partial charge in [0.05, 0.1) is 12.6 Å². The quantitative estimate of drug-likeness (QED) is 0.878. The number of benzene rings is 1. The second kappa shape index (κ2) is 4.95. The first-order chi connectivity index (χ1) is 8.56. The van der Waals surface area contributed by atoms with Crippen LogP contribution in [0.25, 0.3) is 0 Å². The van der Waals surface area contributed by atoms with Gasteiger partial charge >= 0.3 is 0 Å². The van der Waals surface area contributed by atoms with E-state index in [-0.39, 0.29) is 12.0 Å². The summed E-state index contributed by atoms with van der Waals surface area (Å²) in [5.74, 6) is -1.32. The maximum atomic E-state index is 13.3. The number of aryl methyl sites for hydroxylation is 1. The molecule has 1 aromatic heterocycles. The van der Waals surface area contributed by atoms with Crippen molar-refractivity contribution in [3.8, 4) is 0 Å². The number of nitrogens with one attached hydrogen (secondary N) is 2. The normalized spacial score (nSPS) is 10.4. The molecule has 0 bridgehead atoms. The molecule has 0 atom stereocenters. The van der Waals surface area contributed by atoms with Crippen LogP contribution in [-0.4, -0.2) is 16.1 Å². The van der Waals surface area contributed by atoms with Crippen LogP contribution in [0.5, 0.6) is 0 Å². The summed E-state index contributed by atoms with van der Waals surface area (Å²) in [4.78, 5) is 11.6. The van der Waals surface area contributed by atoms with Crippen molar-refractivity contribution in [1.82, 2.24) is 10.2 Å². The van der Waals surface area contributed by atoms with Crippen LogP contribution in [0.15, 0.2) is 24.4 Å². The minimum atomic E-state index is -0.730. The SMILES string of the molecule is Cc1cn[nH]c1NC(=O)Cc1ccc(F)cc1F. The van der Waals surface area contributed by atoms with E-state index in [1.54, 1.807) is 13.1 Å². The molecule has 6 heteroatoms. The summed E-state index contributed by atoms with van der Waals surface area (Å²) in [6, 6.07) is 3.13. The average Bonchev–Trinajstić information content (AvgIpc) is 2.69. The number of nitrogens with zero attached hydrogens (tertiary/aromatic N) is 1. The zero-order chi connectivity index (χ0) is 13.1. The summed E-state index contributed by atoms with van der Waals surface area (Å²) in [7, 11) is 0. The van der Waals surface area contributed by atoms with Crippen LogP contribution in [0.3, 0.4) is 0 Å². The van der Waals surface area contributed by atoms with Crippen molar-refractivity contribution in [3.63, 3.8) is 0 Å². The molecule has 0 unspecified atom stereocenters. The third-order valence-electron chi connectivity index (χ3n) is 2.46. The number of carbonyl (C=O) groups is 1. The Balaban J connectivity index is 2.05. The molecule has 0 fully saturated rings. The van der Waals surface area contributed by atoms with Gasteiger partial charge in [-0.25, -0.2) is 8.78 Å². The van der Waals surface area contributed by atoms with Crippen LogP contribution in [0.4, 0.5) is 14.6 Å². The predicted molar refractivity (Wildman–Crippen MR) is 62.0 cm³/mol. The maximum Gasteiger partial charge on any atom is 0.230 e. The Labute approximate surface area is 102 Å². The van der Waals surface area contributed by atoms with Gasteiger partial charge in [-0.05, 0) is 18.6 Å². The summed E-state index contributed by atoms with van der Waals surface area (Å²) >= 11 is 0. The van der Waals surface area contributed by atoms with Crippen LogP contribution >= 0.6 is 0 Å². The summed E-state index contributed by atoms with van der Waals surface area (Å²) in [6.07, 6.45) is 1.40. The Bertz CT molecular complexity index is 580. The maximum absolute atomic E-state index is 13.3. The minimum absolute atomic E-state index is 0.145. The zero-order valence-corrected chi connectivity index (χ0v) is 9.63. The second-order valence-electron chi connectivity index (χ2n) is 3.89. The van der Waals surface area contributed by atoms with E-state index in [1.807, 2.05) is 0 Å². The highest BCUT2D eigenvalue weighted by atomic mass is 19.1. The second-order valence-corrected chi connectivity index (χ2v) is 3.89. The number of halogens is 2. The van der Waals surface area contributed by atoms with E-state index in [0.717, 1.165) is 17.7 Å². The molecule has 0 aliphatic heterocycles.